The maximum absolute atomic E-state index is 15.6. The van der Waals surface area contributed by atoms with Crippen LogP contribution in [0.4, 0.5) is 25.8 Å². The molecule has 2 N–H and O–H groups in total. The Kier molecular flexibility index (Phi) is 10.6. The van der Waals surface area contributed by atoms with E-state index in [0.29, 0.717) is 45.0 Å². The minimum absolute atomic E-state index is 0.136. The number of carbonyl (C=O) groups excluding carboxylic acids is 3. The highest BCUT2D eigenvalue weighted by molar-refractivity contribution is 6.33. The van der Waals surface area contributed by atoms with Gasteiger partial charge in [0.05, 0.1) is 35.7 Å². The molecule has 274 valence electrons. The molecule has 0 saturated carbocycles. The number of likely N-dealkylation sites (tertiary alicyclic amines) is 1. The van der Waals surface area contributed by atoms with Crippen LogP contribution < -0.4 is 10.2 Å². The predicted molar refractivity (Wildman–Crippen MR) is 198 cm³/mol. The van der Waals surface area contributed by atoms with Crippen molar-refractivity contribution in [2.75, 3.05) is 23.3 Å². The summed E-state index contributed by atoms with van der Waals surface area (Å²) in [6.07, 6.45) is 4.67. The second kappa shape index (κ2) is 15.1. The number of carboxylic acids is 1. The zero-order valence-electron chi connectivity index (χ0n) is 29.2. The number of hydrogen-bond donors (Lipinski definition) is 2. The number of nitrogens with one attached hydrogen (secondary N) is 1. The molecule has 1 fully saturated rings. The fraction of sp³-hybridized carbons (Fsp3) is 0.282. The van der Waals surface area contributed by atoms with E-state index in [2.05, 4.69) is 15.3 Å². The van der Waals surface area contributed by atoms with Crippen molar-refractivity contribution < 1.29 is 33.1 Å². The van der Waals surface area contributed by atoms with Gasteiger partial charge in [0, 0.05) is 57.5 Å². The molecule has 53 heavy (non-hydrogen) atoms. The third kappa shape index (κ3) is 7.75. The number of anilines is 3. The fourth-order valence-electron chi connectivity index (χ4n) is 6.48. The lowest BCUT2D eigenvalue weighted by atomic mass is 9.89. The van der Waals surface area contributed by atoms with Crippen LogP contribution in [0.15, 0.2) is 85.6 Å². The van der Waals surface area contributed by atoms with Gasteiger partial charge in [-0.3, -0.25) is 19.2 Å². The second-order valence-electron chi connectivity index (χ2n) is 13.6. The molecule has 1 aliphatic heterocycles. The number of hydrogen-bond acceptors (Lipinski definition) is 7. The summed E-state index contributed by atoms with van der Waals surface area (Å²) in [5.74, 6) is -3.23. The van der Waals surface area contributed by atoms with Crippen LogP contribution in [0.25, 0.3) is 22.0 Å². The molecule has 1 aliphatic rings. The van der Waals surface area contributed by atoms with E-state index in [-0.39, 0.29) is 43.0 Å². The number of ketones is 1. The highest BCUT2D eigenvalue weighted by Gasteiger charge is 2.40. The summed E-state index contributed by atoms with van der Waals surface area (Å²) in [6, 6.07) is 15.3. The summed E-state index contributed by atoms with van der Waals surface area (Å²) in [5, 5.41) is 13.1. The number of fused-ring (bicyclic) bond motifs is 1. The van der Waals surface area contributed by atoms with Gasteiger partial charge in [-0.05, 0) is 57.5 Å². The lowest BCUT2D eigenvalue weighted by molar-refractivity contribution is -0.147. The zero-order valence-corrected chi connectivity index (χ0v) is 30.0. The lowest BCUT2D eigenvalue weighted by Crippen LogP contribution is -2.44. The number of amides is 2. The first-order valence-electron chi connectivity index (χ1n) is 16.9. The average Bonchev–Trinajstić information content (AvgIpc) is 3.70. The molecule has 1 saturated heterocycles. The van der Waals surface area contributed by atoms with Gasteiger partial charge in [0.25, 0.3) is 0 Å². The molecule has 3 aromatic carbocycles. The third-order valence-corrected chi connectivity index (χ3v) is 9.88. The van der Waals surface area contributed by atoms with E-state index < -0.39 is 41.2 Å². The van der Waals surface area contributed by atoms with Crippen molar-refractivity contribution in [3.05, 3.63) is 102 Å². The topological polar surface area (TPSA) is 138 Å². The Morgan fingerprint density at radius 3 is 2.43 bits per heavy atom. The molecule has 11 nitrogen and oxygen atoms in total. The summed E-state index contributed by atoms with van der Waals surface area (Å²) in [6.45, 7) is 4.34. The van der Waals surface area contributed by atoms with Gasteiger partial charge in [-0.1, -0.05) is 41.9 Å². The number of aromatic nitrogens is 3. The van der Waals surface area contributed by atoms with Crippen molar-refractivity contribution >= 4 is 63.1 Å². The van der Waals surface area contributed by atoms with E-state index in [0.717, 1.165) is 4.90 Å². The molecule has 0 spiro atoms. The fourth-order valence-corrected chi connectivity index (χ4v) is 6.72. The van der Waals surface area contributed by atoms with Crippen molar-refractivity contribution in [2.45, 2.75) is 52.4 Å². The minimum Gasteiger partial charge on any atom is -0.481 e. The third-order valence-electron chi connectivity index (χ3n) is 9.55. The van der Waals surface area contributed by atoms with Crippen molar-refractivity contribution in [3.63, 3.8) is 0 Å². The Bertz CT molecular complexity index is 2210. The monoisotopic (exact) mass is 742 g/mol. The van der Waals surface area contributed by atoms with Crippen LogP contribution in [0.1, 0.15) is 44.0 Å². The van der Waals surface area contributed by atoms with Crippen LogP contribution in [0, 0.1) is 11.2 Å². The molecular formula is C39H37ClF2N6O5. The normalized spacial score (nSPS) is 15.8. The predicted octanol–water partition coefficient (Wildman–Crippen LogP) is 7.31. The quantitative estimate of drug-likeness (QED) is 0.127. The molecule has 6 rings (SSSR count). The number of halogens is 3. The van der Waals surface area contributed by atoms with Gasteiger partial charge in [0.1, 0.15) is 25.1 Å². The van der Waals surface area contributed by atoms with Gasteiger partial charge in [-0.15, -0.1) is 0 Å². The molecule has 0 unspecified atom stereocenters. The number of carbonyl (C=O) groups is 4. The Hall–Kier alpha value is -5.69. The number of nitrogens with zero attached hydrogens (tertiary/aromatic N) is 5. The standard InChI is InChI=1S/C39H37ClF2N6O5/c1-23(49)30-20-46(33-12-11-25(16-29(30)33)47(26-17-43-22-44-18-26)14-13-39(2,3)38(52)53)21-35(50)48-19-24(41)15-34(48)37(51)45-32-10-6-8-28(36(32)42)27-7-4-5-9-31(27)40/h4-12,16-18,20,22,24,34H,13-15,19,21H2,1-3H3,(H,45,51)(H,52,53)/t24-,34+/m1/s1. The number of benzene rings is 3. The smallest absolute Gasteiger partial charge is 0.309 e. The highest BCUT2D eigenvalue weighted by atomic mass is 35.5. The van der Waals surface area contributed by atoms with Crippen LogP contribution in [-0.4, -0.2) is 73.4 Å². The van der Waals surface area contributed by atoms with Crippen LogP contribution in [-0.2, 0) is 20.9 Å². The number of alkyl halides is 1. The van der Waals surface area contributed by atoms with Crippen LogP contribution in [0.5, 0.6) is 0 Å². The minimum atomic E-state index is -1.48. The first kappa shape index (κ1) is 37.1. The Labute approximate surface area is 309 Å². The summed E-state index contributed by atoms with van der Waals surface area (Å²) in [5.41, 5.74) is 1.57. The molecule has 0 bridgehead atoms. The van der Waals surface area contributed by atoms with E-state index in [1.165, 1.54) is 25.4 Å². The largest absolute Gasteiger partial charge is 0.481 e. The molecule has 0 radical (unpaired) electrons. The Morgan fingerprint density at radius 2 is 1.74 bits per heavy atom. The maximum atomic E-state index is 15.6. The second-order valence-corrected chi connectivity index (χ2v) is 14.1. The zero-order chi connectivity index (χ0) is 38.0. The van der Waals surface area contributed by atoms with Crippen molar-refractivity contribution in [1.29, 1.82) is 0 Å². The summed E-state index contributed by atoms with van der Waals surface area (Å²) in [4.78, 5) is 63.3. The molecule has 2 amide bonds. The summed E-state index contributed by atoms with van der Waals surface area (Å²) >= 11 is 6.28. The van der Waals surface area contributed by atoms with Crippen molar-refractivity contribution in [1.82, 2.24) is 19.4 Å². The number of rotatable bonds is 12. The lowest BCUT2D eigenvalue weighted by Gasteiger charge is -2.28. The molecule has 2 atom stereocenters. The average molecular weight is 743 g/mol. The first-order chi connectivity index (χ1) is 25.2. The molecular weight excluding hydrogens is 706 g/mol. The highest BCUT2D eigenvalue weighted by Crippen LogP contribution is 2.35. The van der Waals surface area contributed by atoms with Gasteiger partial charge in [0.2, 0.25) is 11.8 Å². The summed E-state index contributed by atoms with van der Waals surface area (Å²) < 4.78 is 32.1. The van der Waals surface area contributed by atoms with E-state index in [9.17, 15) is 28.7 Å². The Balaban J connectivity index is 1.26. The number of Topliss-reactive ketones (excluding diaryl/α,β-unsaturated/α-hetero) is 1. The van der Waals surface area contributed by atoms with E-state index in [4.69, 9.17) is 11.6 Å². The van der Waals surface area contributed by atoms with Crippen LogP contribution in [0.2, 0.25) is 5.02 Å². The Morgan fingerprint density at radius 1 is 1.02 bits per heavy atom. The van der Waals surface area contributed by atoms with Crippen molar-refractivity contribution in [2.24, 2.45) is 5.41 Å². The van der Waals surface area contributed by atoms with Gasteiger partial charge < -0.3 is 24.8 Å². The van der Waals surface area contributed by atoms with Gasteiger partial charge >= 0.3 is 5.97 Å². The van der Waals surface area contributed by atoms with E-state index >= 15 is 4.39 Å². The van der Waals surface area contributed by atoms with Gasteiger partial charge in [-0.2, -0.15) is 0 Å². The van der Waals surface area contributed by atoms with Gasteiger partial charge in [0.15, 0.2) is 11.6 Å². The van der Waals surface area contributed by atoms with E-state index in [1.807, 2.05) is 4.90 Å². The maximum Gasteiger partial charge on any atom is 0.309 e. The molecule has 14 heteroatoms. The first-order valence-corrected chi connectivity index (χ1v) is 17.3. The number of aliphatic carboxylic acids is 1. The summed E-state index contributed by atoms with van der Waals surface area (Å²) in [7, 11) is 0. The molecule has 0 aliphatic carbocycles. The molecule has 5 aromatic rings. The molecule has 2 aromatic heterocycles. The number of carboxylic acid groups (broad SMARTS) is 1. The van der Waals surface area contributed by atoms with Gasteiger partial charge in [-0.25, -0.2) is 18.7 Å². The van der Waals surface area contributed by atoms with Crippen LogP contribution >= 0.6 is 11.6 Å². The molecule has 3 heterocycles. The van der Waals surface area contributed by atoms with E-state index in [1.54, 1.807) is 85.5 Å². The van der Waals surface area contributed by atoms with Crippen LogP contribution in [0.3, 0.4) is 0 Å². The van der Waals surface area contributed by atoms with Crippen molar-refractivity contribution in [3.8, 4) is 11.1 Å². The SMILES string of the molecule is CC(=O)c1cn(CC(=O)N2C[C@H](F)C[C@H]2C(=O)Nc2cccc(-c3ccccc3Cl)c2F)c2ccc(N(CCC(C)(C)C(=O)O)c3cncnc3)cc12.